The maximum Gasteiger partial charge on any atom is 0.237 e. The van der Waals surface area contributed by atoms with Crippen LogP contribution < -0.4 is 11.1 Å². The topological polar surface area (TPSA) is 68.0 Å². The molecule has 0 fully saturated rings. The van der Waals surface area contributed by atoms with Crippen LogP contribution in [0, 0.1) is 5.92 Å². The van der Waals surface area contributed by atoms with Crippen LogP contribution in [0.1, 0.15) is 18.9 Å². The second-order valence-electron chi connectivity index (χ2n) is 3.74. The molecule has 0 aliphatic heterocycles. The van der Waals surface area contributed by atoms with Crippen LogP contribution in [0.2, 0.25) is 0 Å². The van der Waals surface area contributed by atoms with Gasteiger partial charge in [0.15, 0.2) is 0 Å². The van der Waals surface area contributed by atoms with Crippen molar-refractivity contribution in [2.45, 2.75) is 26.3 Å². The van der Waals surface area contributed by atoms with Crippen LogP contribution in [0.3, 0.4) is 0 Å². The maximum atomic E-state index is 11.5. The summed E-state index contributed by atoms with van der Waals surface area (Å²) in [5, 5.41) is 5.77. The zero-order chi connectivity index (χ0) is 11.3. The minimum atomic E-state index is -0.415. The third kappa shape index (κ3) is 6.83. The SMILES string of the molecule is CC(C)C(N)C(=O)NCCc1nccs1.Cl.Cl. The number of rotatable bonds is 5. The Labute approximate surface area is 118 Å². The lowest BCUT2D eigenvalue weighted by atomic mass is 10.1. The Bertz CT molecular complexity index is 307. The lowest BCUT2D eigenvalue weighted by Crippen LogP contribution is -2.44. The van der Waals surface area contributed by atoms with Gasteiger partial charge in [-0.3, -0.25) is 4.79 Å². The molecule has 7 heteroatoms. The van der Waals surface area contributed by atoms with E-state index in [9.17, 15) is 4.79 Å². The fourth-order valence-corrected chi connectivity index (χ4v) is 1.71. The minimum Gasteiger partial charge on any atom is -0.354 e. The molecule has 0 bridgehead atoms. The number of amides is 1. The van der Waals surface area contributed by atoms with E-state index in [4.69, 9.17) is 5.73 Å². The lowest BCUT2D eigenvalue weighted by Gasteiger charge is -2.14. The highest BCUT2D eigenvalue weighted by Gasteiger charge is 2.16. The Kier molecular flexibility index (Phi) is 10.8. The molecule has 1 atom stereocenters. The largest absolute Gasteiger partial charge is 0.354 e. The van der Waals surface area contributed by atoms with Gasteiger partial charge in [0.25, 0.3) is 0 Å². The monoisotopic (exact) mass is 299 g/mol. The molecule has 3 N–H and O–H groups in total. The summed E-state index contributed by atoms with van der Waals surface area (Å²) in [7, 11) is 0. The smallest absolute Gasteiger partial charge is 0.237 e. The normalized spacial score (nSPS) is 11.3. The summed E-state index contributed by atoms with van der Waals surface area (Å²) in [5.74, 6) is 0.0893. The van der Waals surface area contributed by atoms with Gasteiger partial charge in [-0.05, 0) is 5.92 Å². The van der Waals surface area contributed by atoms with Gasteiger partial charge in [-0.25, -0.2) is 4.98 Å². The highest BCUT2D eigenvalue weighted by Crippen LogP contribution is 2.03. The number of hydrogen-bond donors (Lipinski definition) is 2. The molecule has 1 rings (SSSR count). The Balaban J connectivity index is 0. The van der Waals surface area contributed by atoms with E-state index < -0.39 is 6.04 Å². The fourth-order valence-electron chi connectivity index (χ4n) is 1.09. The van der Waals surface area contributed by atoms with E-state index in [-0.39, 0.29) is 36.6 Å². The van der Waals surface area contributed by atoms with Crippen molar-refractivity contribution in [1.82, 2.24) is 10.3 Å². The molecule has 0 aromatic carbocycles. The van der Waals surface area contributed by atoms with Gasteiger partial charge in [-0.2, -0.15) is 0 Å². The molecule has 1 aromatic rings. The predicted octanol–water partition coefficient (Wildman–Crippen LogP) is 1.63. The van der Waals surface area contributed by atoms with Crippen molar-refractivity contribution >= 4 is 42.1 Å². The number of halogens is 2. The average Bonchev–Trinajstić information content (AvgIpc) is 2.69. The highest BCUT2D eigenvalue weighted by molar-refractivity contribution is 7.09. The van der Waals surface area contributed by atoms with E-state index in [1.807, 2.05) is 19.2 Å². The number of carbonyl (C=O) groups excluding carboxylic acids is 1. The number of thiazole rings is 1. The van der Waals surface area contributed by atoms with E-state index in [1.165, 1.54) is 0 Å². The zero-order valence-electron chi connectivity index (χ0n) is 9.88. The number of nitrogens with two attached hydrogens (primary N) is 1. The first-order chi connectivity index (χ1) is 7.11. The van der Waals surface area contributed by atoms with E-state index >= 15 is 0 Å². The predicted molar refractivity (Wildman–Crippen MR) is 76.1 cm³/mol. The van der Waals surface area contributed by atoms with Crippen LogP contribution in [0.15, 0.2) is 11.6 Å². The summed E-state index contributed by atoms with van der Waals surface area (Å²) in [6.07, 6.45) is 2.54. The van der Waals surface area contributed by atoms with Crippen molar-refractivity contribution in [2.24, 2.45) is 11.7 Å². The molecule has 0 aliphatic rings. The quantitative estimate of drug-likeness (QED) is 0.868. The van der Waals surface area contributed by atoms with Crippen molar-refractivity contribution in [3.8, 4) is 0 Å². The van der Waals surface area contributed by atoms with Crippen LogP contribution in [-0.4, -0.2) is 23.5 Å². The van der Waals surface area contributed by atoms with E-state index in [0.717, 1.165) is 11.4 Å². The summed E-state index contributed by atoms with van der Waals surface area (Å²) in [6.45, 7) is 4.48. The van der Waals surface area contributed by atoms with E-state index in [2.05, 4.69) is 10.3 Å². The molecule has 1 heterocycles. The van der Waals surface area contributed by atoms with Crippen molar-refractivity contribution in [3.05, 3.63) is 16.6 Å². The number of nitrogens with one attached hydrogen (secondary N) is 1. The van der Waals surface area contributed by atoms with Gasteiger partial charge in [-0.15, -0.1) is 36.2 Å². The van der Waals surface area contributed by atoms with Gasteiger partial charge in [0.2, 0.25) is 5.91 Å². The van der Waals surface area contributed by atoms with Gasteiger partial charge in [0, 0.05) is 24.5 Å². The summed E-state index contributed by atoms with van der Waals surface area (Å²) in [5.41, 5.74) is 5.69. The van der Waals surface area contributed by atoms with Gasteiger partial charge in [0.1, 0.15) is 0 Å². The molecule has 17 heavy (non-hydrogen) atoms. The molecule has 0 spiro atoms. The molecular weight excluding hydrogens is 281 g/mol. The number of carbonyl (C=O) groups is 1. The summed E-state index contributed by atoms with van der Waals surface area (Å²) in [4.78, 5) is 15.6. The molecule has 100 valence electrons. The molecule has 0 aliphatic carbocycles. The highest BCUT2D eigenvalue weighted by atomic mass is 35.5. The molecule has 0 saturated carbocycles. The minimum absolute atomic E-state index is 0. The summed E-state index contributed by atoms with van der Waals surface area (Å²) >= 11 is 1.60. The third-order valence-corrected chi connectivity index (χ3v) is 2.98. The molecule has 4 nitrogen and oxygen atoms in total. The van der Waals surface area contributed by atoms with E-state index in [1.54, 1.807) is 17.5 Å². The van der Waals surface area contributed by atoms with Gasteiger partial charge in [-0.1, -0.05) is 13.8 Å². The number of hydrogen-bond acceptors (Lipinski definition) is 4. The molecule has 1 aromatic heterocycles. The summed E-state index contributed by atoms with van der Waals surface area (Å²) < 4.78 is 0. The van der Waals surface area contributed by atoms with Crippen LogP contribution in [0.4, 0.5) is 0 Å². The second kappa shape index (κ2) is 9.65. The molecule has 1 unspecified atom stereocenters. The van der Waals surface area contributed by atoms with Crippen LogP contribution in [-0.2, 0) is 11.2 Å². The Morgan fingerprint density at radius 3 is 2.65 bits per heavy atom. The first-order valence-corrected chi connectivity index (χ1v) is 5.91. The standard InChI is InChI=1S/C10H17N3OS.2ClH/c1-7(2)9(11)10(14)13-4-3-8-12-5-6-15-8;;/h5-7,9H,3-4,11H2,1-2H3,(H,13,14);2*1H. The summed E-state index contributed by atoms with van der Waals surface area (Å²) in [6, 6.07) is -0.415. The van der Waals surface area contributed by atoms with E-state index in [0.29, 0.717) is 6.54 Å². The van der Waals surface area contributed by atoms with Crippen molar-refractivity contribution in [2.75, 3.05) is 6.54 Å². The molecule has 1 amide bonds. The maximum absolute atomic E-state index is 11.5. The molecule has 0 saturated heterocycles. The Morgan fingerprint density at radius 1 is 1.53 bits per heavy atom. The van der Waals surface area contributed by atoms with Crippen LogP contribution >= 0.6 is 36.2 Å². The molecular formula is C10H19Cl2N3OS. The second-order valence-corrected chi connectivity index (χ2v) is 4.72. The first-order valence-electron chi connectivity index (χ1n) is 5.03. The third-order valence-electron chi connectivity index (χ3n) is 2.14. The fraction of sp³-hybridized carbons (Fsp3) is 0.600. The first kappa shape index (κ1) is 19.0. The molecule has 0 radical (unpaired) electrons. The lowest BCUT2D eigenvalue weighted by molar-refractivity contribution is -0.123. The average molecular weight is 300 g/mol. The van der Waals surface area contributed by atoms with Gasteiger partial charge >= 0.3 is 0 Å². The van der Waals surface area contributed by atoms with Crippen molar-refractivity contribution < 1.29 is 4.79 Å². The van der Waals surface area contributed by atoms with Crippen molar-refractivity contribution in [1.29, 1.82) is 0 Å². The zero-order valence-corrected chi connectivity index (χ0v) is 12.3. The Morgan fingerprint density at radius 2 is 2.18 bits per heavy atom. The number of nitrogens with zero attached hydrogens (tertiary/aromatic N) is 1. The van der Waals surface area contributed by atoms with Crippen LogP contribution in [0.25, 0.3) is 0 Å². The van der Waals surface area contributed by atoms with Gasteiger partial charge < -0.3 is 11.1 Å². The number of aromatic nitrogens is 1. The van der Waals surface area contributed by atoms with Crippen molar-refractivity contribution in [3.63, 3.8) is 0 Å². The van der Waals surface area contributed by atoms with Crippen LogP contribution in [0.5, 0.6) is 0 Å². The Hall–Kier alpha value is -0.360. The van der Waals surface area contributed by atoms with Gasteiger partial charge in [0.05, 0.1) is 11.0 Å².